The van der Waals surface area contributed by atoms with Gasteiger partial charge in [-0.05, 0) is 25.1 Å². The summed E-state index contributed by atoms with van der Waals surface area (Å²) in [5.41, 5.74) is 7.58. The largest absolute Gasteiger partial charge is 0.494 e. The second-order valence-corrected chi connectivity index (χ2v) is 4.13. The van der Waals surface area contributed by atoms with Gasteiger partial charge in [0.15, 0.2) is 0 Å². The Hall–Kier alpha value is -2.10. The number of nitrogens with two attached hydrogens (primary N) is 1. The van der Waals surface area contributed by atoms with Crippen LogP contribution in [-0.4, -0.2) is 13.7 Å². The number of anilines is 2. The lowest BCUT2D eigenvalue weighted by atomic mass is 10.2. The fourth-order valence-electron chi connectivity index (χ4n) is 1.80. The van der Waals surface area contributed by atoms with Gasteiger partial charge in [-0.25, -0.2) is 0 Å². The summed E-state index contributed by atoms with van der Waals surface area (Å²) in [6.07, 6.45) is 1.67. The van der Waals surface area contributed by atoms with E-state index in [4.69, 9.17) is 14.9 Å². The van der Waals surface area contributed by atoms with Crippen molar-refractivity contribution in [3.05, 3.63) is 42.4 Å². The van der Waals surface area contributed by atoms with E-state index in [1.165, 1.54) is 0 Å². The van der Waals surface area contributed by atoms with E-state index < -0.39 is 0 Å². The molecule has 4 heteroatoms. The summed E-state index contributed by atoms with van der Waals surface area (Å²) in [5.74, 6) is 1.71. The summed E-state index contributed by atoms with van der Waals surface area (Å²) in [6.45, 7) is 3.28. The molecular weight excluding hydrogens is 228 g/mol. The van der Waals surface area contributed by atoms with Gasteiger partial charge in [-0.2, -0.15) is 0 Å². The lowest BCUT2D eigenvalue weighted by Gasteiger charge is -2.19. The molecule has 18 heavy (non-hydrogen) atoms. The molecule has 1 aromatic heterocycles. The summed E-state index contributed by atoms with van der Waals surface area (Å²) in [7, 11) is 1.99. The van der Waals surface area contributed by atoms with E-state index in [0.717, 1.165) is 17.2 Å². The van der Waals surface area contributed by atoms with Crippen molar-refractivity contribution in [2.75, 3.05) is 24.3 Å². The van der Waals surface area contributed by atoms with Crippen LogP contribution < -0.4 is 15.4 Å². The third-order valence-corrected chi connectivity index (χ3v) is 2.64. The van der Waals surface area contributed by atoms with Crippen LogP contribution >= 0.6 is 0 Å². The highest BCUT2D eigenvalue weighted by molar-refractivity contribution is 5.60. The van der Waals surface area contributed by atoms with E-state index in [-0.39, 0.29) is 0 Å². The molecule has 0 fully saturated rings. The van der Waals surface area contributed by atoms with E-state index >= 15 is 0 Å². The van der Waals surface area contributed by atoms with E-state index in [2.05, 4.69) is 4.90 Å². The highest BCUT2D eigenvalue weighted by Gasteiger charge is 2.07. The normalized spacial score (nSPS) is 10.3. The van der Waals surface area contributed by atoms with Crippen LogP contribution in [0.25, 0.3) is 0 Å². The van der Waals surface area contributed by atoms with Crippen LogP contribution in [0.2, 0.25) is 0 Å². The van der Waals surface area contributed by atoms with E-state index in [1.807, 2.05) is 44.3 Å². The van der Waals surface area contributed by atoms with Crippen LogP contribution in [0.5, 0.6) is 5.75 Å². The maximum atomic E-state index is 5.87. The highest BCUT2D eigenvalue weighted by Crippen LogP contribution is 2.26. The summed E-state index contributed by atoms with van der Waals surface area (Å²) in [4.78, 5) is 2.07. The van der Waals surface area contributed by atoms with Crippen LogP contribution in [-0.2, 0) is 6.54 Å². The van der Waals surface area contributed by atoms with Crippen LogP contribution in [0.4, 0.5) is 11.4 Å². The summed E-state index contributed by atoms with van der Waals surface area (Å²) < 4.78 is 10.8. The molecule has 2 aromatic rings. The first-order chi connectivity index (χ1) is 8.69. The average Bonchev–Trinajstić information content (AvgIpc) is 2.81. The Kier molecular flexibility index (Phi) is 3.77. The number of hydrogen-bond acceptors (Lipinski definition) is 4. The van der Waals surface area contributed by atoms with Crippen molar-refractivity contribution in [2.45, 2.75) is 13.5 Å². The smallest absolute Gasteiger partial charge is 0.123 e. The summed E-state index contributed by atoms with van der Waals surface area (Å²) >= 11 is 0. The minimum absolute atomic E-state index is 0.630. The van der Waals surface area contributed by atoms with Gasteiger partial charge in [-0.1, -0.05) is 0 Å². The Bertz CT molecular complexity index is 495. The molecule has 2 rings (SSSR count). The molecule has 2 N–H and O–H groups in total. The Morgan fingerprint density at radius 2 is 2.17 bits per heavy atom. The molecule has 0 aliphatic heterocycles. The predicted octanol–water partition coefficient (Wildman–Crippen LogP) is 2.90. The fourth-order valence-corrected chi connectivity index (χ4v) is 1.80. The molecular formula is C14H18N2O2. The van der Waals surface area contributed by atoms with Crippen LogP contribution in [0.15, 0.2) is 41.0 Å². The molecule has 0 saturated carbocycles. The molecule has 0 bridgehead atoms. The first kappa shape index (κ1) is 12.4. The Labute approximate surface area is 107 Å². The van der Waals surface area contributed by atoms with Gasteiger partial charge in [0.1, 0.15) is 11.5 Å². The molecule has 0 saturated heterocycles. The van der Waals surface area contributed by atoms with Crippen LogP contribution in [0, 0.1) is 0 Å². The Morgan fingerprint density at radius 1 is 1.33 bits per heavy atom. The third-order valence-electron chi connectivity index (χ3n) is 2.64. The molecule has 0 atom stereocenters. The van der Waals surface area contributed by atoms with Gasteiger partial charge >= 0.3 is 0 Å². The van der Waals surface area contributed by atoms with Crippen molar-refractivity contribution in [3.8, 4) is 5.75 Å². The molecule has 0 unspecified atom stereocenters. The molecule has 1 aromatic carbocycles. The van der Waals surface area contributed by atoms with Gasteiger partial charge in [0.05, 0.1) is 19.4 Å². The van der Waals surface area contributed by atoms with Crippen molar-refractivity contribution in [1.82, 2.24) is 0 Å². The lowest BCUT2D eigenvalue weighted by Crippen LogP contribution is -2.16. The molecule has 0 radical (unpaired) electrons. The van der Waals surface area contributed by atoms with E-state index in [1.54, 1.807) is 6.26 Å². The monoisotopic (exact) mass is 246 g/mol. The minimum Gasteiger partial charge on any atom is -0.494 e. The summed E-state index contributed by atoms with van der Waals surface area (Å²) in [6, 6.07) is 9.56. The third kappa shape index (κ3) is 2.97. The molecule has 1 heterocycles. The minimum atomic E-state index is 0.630. The molecule has 96 valence electrons. The number of hydrogen-bond donors (Lipinski definition) is 1. The first-order valence-electron chi connectivity index (χ1n) is 5.96. The SMILES string of the molecule is CCOc1cc(N)cc(N(C)Cc2ccco2)c1. The Balaban J connectivity index is 2.16. The fraction of sp³-hybridized carbons (Fsp3) is 0.286. The number of furan rings is 1. The standard InChI is InChI=1S/C14H18N2O2/c1-3-17-14-8-11(15)7-12(9-14)16(2)10-13-5-4-6-18-13/h4-9H,3,10,15H2,1-2H3. The van der Waals surface area contributed by atoms with Crippen molar-refractivity contribution >= 4 is 11.4 Å². The zero-order valence-electron chi connectivity index (χ0n) is 10.7. The Morgan fingerprint density at radius 3 is 2.83 bits per heavy atom. The van der Waals surface area contributed by atoms with Crippen LogP contribution in [0.1, 0.15) is 12.7 Å². The second-order valence-electron chi connectivity index (χ2n) is 4.13. The zero-order chi connectivity index (χ0) is 13.0. The van der Waals surface area contributed by atoms with Gasteiger partial charge in [0.2, 0.25) is 0 Å². The summed E-state index contributed by atoms with van der Waals surface area (Å²) in [5, 5.41) is 0. The molecule has 0 aliphatic carbocycles. The second kappa shape index (κ2) is 5.49. The average molecular weight is 246 g/mol. The van der Waals surface area contributed by atoms with Crippen LogP contribution in [0.3, 0.4) is 0 Å². The van der Waals surface area contributed by atoms with Crippen molar-refractivity contribution in [1.29, 1.82) is 0 Å². The van der Waals surface area contributed by atoms with Gasteiger partial charge in [-0.3, -0.25) is 0 Å². The number of ether oxygens (including phenoxy) is 1. The maximum Gasteiger partial charge on any atom is 0.123 e. The quantitative estimate of drug-likeness (QED) is 0.824. The van der Waals surface area contributed by atoms with E-state index in [9.17, 15) is 0 Å². The van der Waals surface area contributed by atoms with Gasteiger partial charge in [-0.15, -0.1) is 0 Å². The zero-order valence-corrected chi connectivity index (χ0v) is 10.7. The number of benzene rings is 1. The maximum absolute atomic E-state index is 5.87. The lowest BCUT2D eigenvalue weighted by molar-refractivity contribution is 0.340. The van der Waals surface area contributed by atoms with Crippen molar-refractivity contribution < 1.29 is 9.15 Å². The number of nitrogen functional groups attached to an aromatic ring is 1. The van der Waals surface area contributed by atoms with Gasteiger partial charge in [0.25, 0.3) is 0 Å². The highest BCUT2D eigenvalue weighted by atomic mass is 16.5. The molecule has 0 spiro atoms. The number of nitrogens with zero attached hydrogens (tertiary/aromatic N) is 1. The van der Waals surface area contributed by atoms with Gasteiger partial charge in [0, 0.05) is 30.6 Å². The first-order valence-corrected chi connectivity index (χ1v) is 5.96. The predicted molar refractivity (Wildman–Crippen MR) is 72.8 cm³/mol. The van der Waals surface area contributed by atoms with Crippen molar-refractivity contribution in [3.63, 3.8) is 0 Å². The van der Waals surface area contributed by atoms with Crippen molar-refractivity contribution in [2.24, 2.45) is 0 Å². The molecule has 0 amide bonds. The van der Waals surface area contributed by atoms with E-state index in [0.29, 0.717) is 18.8 Å². The topological polar surface area (TPSA) is 51.6 Å². The molecule has 0 aliphatic rings. The number of rotatable bonds is 5. The van der Waals surface area contributed by atoms with Gasteiger partial charge < -0.3 is 19.8 Å². The molecule has 4 nitrogen and oxygen atoms in total.